The Bertz CT molecular complexity index is 692. The van der Waals surface area contributed by atoms with Gasteiger partial charge in [0.1, 0.15) is 0 Å². The van der Waals surface area contributed by atoms with Crippen LogP contribution in [0.4, 0.5) is 0 Å². The van der Waals surface area contributed by atoms with Crippen LogP contribution in [0.15, 0.2) is 18.2 Å². The molecule has 6 heteroatoms. The lowest BCUT2D eigenvalue weighted by atomic mass is 9.92. The summed E-state index contributed by atoms with van der Waals surface area (Å²) in [5.74, 6) is -1.49. The topological polar surface area (TPSA) is 86.7 Å². The highest BCUT2D eigenvalue weighted by Gasteiger charge is 2.32. The molecule has 0 radical (unpaired) electrons. The summed E-state index contributed by atoms with van der Waals surface area (Å²) in [5, 5.41) is 11.9. The van der Waals surface area contributed by atoms with E-state index < -0.39 is 11.4 Å². The van der Waals surface area contributed by atoms with Crippen molar-refractivity contribution in [2.45, 2.75) is 40.5 Å². The zero-order chi connectivity index (χ0) is 19.5. The number of hydrogen-bond acceptors (Lipinski definition) is 3. The van der Waals surface area contributed by atoms with E-state index in [0.717, 1.165) is 17.5 Å². The van der Waals surface area contributed by atoms with Gasteiger partial charge in [-0.1, -0.05) is 17.2 Å². The van der Waals surface area contributed by atoms with Crippen LogP contribution in [0.25, 0.3) is 0 Å². The molecule has 1 atom stereocenters. The summed E-state index contributed by atoms with van der Waals surface area (Å²) < 4.78 is 0. The van der Waals surface area contributed by atoms with Crippen molar-refractivity contribution in [3.63, 3.8) is 0 Å². The summed E-state index contributed by atoms with van der Waals surface area (Å²) in [6.07, 6.45) is 1.47. The van der Waals surface area contributed by atoms with E-state index in [1.165, 1.54) is 0 Å². The second kappa shape index (κ2) is 7.89. The second-order valence-corrected chi connectivity index (χ2v) is 7.87. The van der Waals surface area contributed by atoms with Crippen LogP contribution in [0.2, 0.25) is 0 Å². The third-order valence-corrected chi connectivity index (χ3v) is 4.83. The van der Waals surface area contributed by atoms with Gasteiger partial charge in [0.25, 0.3) is 5.91 Å². The van der Waals surface area contributed by atoms with Gasteiger partial charge in [0, 0.05) is 25.2 Å². The maximum Gasteiger partial charge on any atom is 0.310 e. The maximum atomic E-state index is 12.8. The molecule has 26 heavy (non-hydrogen) atoms. The van der Waals surface area contributed by atoms with Gasteiger partial charge in [-0.05, 0) is 52.7 Å². The number of carboxylic acid groups (broad SMARTS) is 1. The van der Waals surface area contributed by atoms with Crippen LogP contribution in [0, 0.1) is 25.2 Å². The van der Waals surface area contributed by atoms with E-state index in [-0.39, 0.29) is 24.3 Å². The number of piperidine rings is 1. The number of carboxylic acids is 1. The fourth-order valence-electron chi connectivity index (χ4n) is 3.18. The molecule has 2 amide bonds. The minimum atomic E-state index is -1.01. The minimum absolute atomic E-state index is 0.0554. The van der Waals surface area contributed by atoms with Crippen molar-refractivity contribution in [2.75, 3.05) is 19.6 Å². The lowest BCUT2D eigenvalue weighted by Crippen LogP contribution is -2.47. The Morgan fingerprint density at radius 2 is 1.81 bits per heavy atom. The summed E-state index contributed by atoms with van der Waals surface area (Å²) in [6.45, 7) is 8.14. The number of rotatable bonds is 5. The van der Waals surface area contributed by atoms with Crippen LogP contribution < -0.4 is 5.32 Å². The Morgan fingerprint density at radius 3 is 2.38 bits per heavy atom. The standard InChI is InChI=1S/C20H28N2O4/c1-13-8-14(2)10-16(9-13)18(24)22-7-5-6-15(11-22)17(23)21-12-20(3,4)19(25)26/h8-10,15H,5-7,11-12H2,1-4H3,(H,21,23)(H,25,26). The number of carbonyl (C=O) groups is 3. The van der Waals surface area contributed by atoms with Gasteiger partial charge in [0.05, 0.1) is 11.3 Å². The Morgan fingerprint density at radius 1 is 1.19 bits per heavy atom. The van der Waals surface area contributed by atoms with Gasteiger partial charge in [-0.3, -0.25) is 14.4 Å². The van der Waals surface area contributed by atoms with Gasteiger partial charge in [-0.25, -0.2) is 0 Å². The van der Waals surface area contributed by atoms with Gasteiger partial charge in [-0.15, -0.1) is 0 Å². The molecule has 0 bridgehead atoms. The van der Waals surface area contributed by atoms with Gasteiger partial charge in [0.2, 0.25) is 5.91 Å². The maximum absolute atomic E-state index is 12.8. The van der Waals surface area contributed by atoms with Crippen molar-refractivity contribution in [1.29, 1.82) is 0 Å². The Hall–Kier alpha value is -2.37. The molecule has 6 nitrogen and oxygen atoms in total. The molecule has 1 saturated heterocycles. The first kappa shape index (κ1) is 19.9. The molecule has 2 N–H and O–H groups in total. The molecule has 1 aliphatic heterocycles. The SMILES string of the molecule is Cc1cc(C)cc(C(=O)N2CCCC(C(=O)NCC(C)(C)C(=O)O)C2)c1. The summed E-state index contributed by atoms with van der Waals surface area (Å²) >= 11 is 0. The zero-order valence-corrected chi connectivity index (χ0v) is 16.0. The third kappa shape index (κ3) is 4.84. The molecular weight excluding hydrogens is 332 g/mol. The van der Waals surface area contributed by atoms with Crippen molar-refractivity contribution in [2.24, 2.45) is 11.3 Å². The van der Waals surface area contributed by atoms with E-state index in [2.05, 4.69) is 5.32 Å². The number of amides is 2. The predicted molar refractivity (Wildman–Crippen MR) is 99.0 cm³/mol. The van der Waals surface area contributed by atoms with Crippen LogP contribution in [-0.4, -0.2) is 47.4 Å². The van der Waals surface area contributed by atoms with E-state index in [9.17, 15) is 14.4 Å². The lowest BCUT2D eigenvalue weighted by molar-refractivity contribution is -0.146. The molecule has 1 aliphatic rings. The van der Waals surface area contributed by atoms with Gasteiger partial charge in [0.15, 0.2) is 0 Å². The van der Waals surface area contributed by atoms with Crippen molar-refractivity contribution in [1.82, 2.24) is 10.2 Å². The minimum Gasteiger partial charge on any atom is -0.481 e. The summed E-state index contributed by atoms with van der Waals surface area (Å²) in [6, 6.07) is 5.76. The monoisotopic (exact) mass is 360 g/mol. The number of benzene rings is 1. The number of hydrogen-bond donors (Lipinski definition) is 2. The van der Waals surface area contributed by atoms with Gasteiger partial charge >= 0.3 is 5.97 Å². The number of aryl methyl sites for hydroxylation is 2. The molecule has 1 aromatic rings. The first-order valence-corrected chi connectivity index (χ1v) is 8.99. The number of aliphatic carboxylic acids is 1. The lowest BCUT2D eigenvalue weighted by Gasteiger charge is -2.33. The first-order chi connectivity index (χ1) is 12.1. The van der Waals surface area contributed by atoms with E-state index >= 15 is 0 Å². The summed E-state index contributed by atoms with van der Waals surface area (Å²) in [7, 11) is 0. The number of carbonyl (C=O) groups excluding carboxylic acids is 2. The predicted octanol–water partition coefficient (Wildman–Crippen LogP) is 2.38. The zero-order valence-electron chi connectivity index (χ0n) is 16.0. The van der Waals surface area contributed by atoms with E-state index in [4.69, 9.17) is 5.11 Å². The van der Waals surface area contributed by atoms with Gasteiger partial charge in [-0.2, -0.15) is 0 Å². The molecule has 0 saturated carbocycles. The van der Waals surface area contributed by atoms with E-state index in [0.29, 0.717) is 25.1 Å². The fourth-order valence-corrected chi connectivity index (χ4v) is 3.18. The van der Waals surface area contributed by atoms with Crippen molar-refractivity contribution in [3.05, 3.63) is 34.9 Å². The number of likely N-dealkylation sites (tertiary alicyclic amines) is 1. The third-order valence-electron chi connectivity index (χ3n) is 4.83. The molecule has 1 fully saturated rings. The highest BCUT2D eigenvalue weighted by Crippen LogP contribution is 2.21. The van der Waals surface area contributed by atoms with Crippen LogP contribution in [0.3, 0.4) is 0 Å². The molecule has 1 unspecified atom stereocenters. The van der Waals surface area contributed by atoms with Crippen molar-refractivity contribution < 1.29 is 19.5 Å². The molecular formula is C20H28N2O4. The normalized spacial score (nSPS) is 17.7. The van der Waals surface area contributed by atoms with E-state index in [1.54, 1.807) is 18.7 Å². The van der Waals surface area contributed by atoms with Crippen LogP contribution >= 0.6 is 0 Å². The highest BCUT2D eigenvalue weighted by molar-refractivity contribution is 5.95. The highest BCUT2D eigenvalue weighted by atomic mass is 16.4. The average Bonchev–Trinajstić information content (AvgIpc) is 2.58. The first-order valence-electron chi connectivity index (χ1n) is 8.99. The molecule has 0 aromatic heterocycles. The van der Waals surface area contributed by atoms with E-state index in [1.807, 2.05) is 32.0 Å². The Kier molecular flexibility index (Phi) is 6.05. The second-order valence-electron chi connectivity index (χ2n) is 7.87. The van der Waals surface area contributed by atoms with Crippen LogP contribution in [0.1, 0.15) is 48.2 Å². The molecule has 1 aromatic carbocycles. The number of nitrogens with zero attached hydrogens (tertiary/aromatic N) is 1. The molecule has 142 valence electrons. The Labute approximate surface area is 154 Å². The summed E-state index contributed by atoms with van der Waals surface area (Å²) in [4.78, 5) is 38.1. The average molecular weight is 360 g/mol. The Balaban J connectivity index is 2.01. The molecule has 0 aliphatic carbocycles. The quantitative estimate of drug-likeness (QED) is 0.844. The smallest absolute Gasteiger partial charge is 0.310 e. The summed E-state index contributed by atoms with van der Waals surface area (Å²) in [5.41, 5.74) is 1.71. The molecule has 0 spiro atoms. The number of nitrogens with one attached hydrogen (secondary N) is 1. The van der Waals surface area contributed by atoms with Gasteiger partial charge < -0.3 is 15.3 Å². The molecule has 2 rings (SSSR count). The van der Waals surface area contributed by atoms with Crippen LogP contribution in [0.5, 0.6) is 0 Å². The van der Waals surface area contributed by atoms with Crippen LogP contribution in [-0.2, 0) is 9.59 Å². The molecule has 1 heterocycles. The van der Waals surface area contributed by atoms with Crippen molar-refractivity contribution in [3.8, 4) is 0 Å². The fraction of sp³-hybridized carbons (Fsp3) is 0.550. The van der Waals surface area contributed by atoms with Crippen molar-refractivity contribution >= 4 is 17.8 Å². The largest absolute Gasteiger partial charge is 0.481 e.